The number of imide groups is 1. The first kappa shape index (κ1) is 21.6. The number of methoxy groups -OCH3 is 1. The maximum Gasteiger partial charge on any atom is 0.278 e. The quantitative estimate of drug-likeness (QED) is 0.637. The highest BCUT2D eigenvalue weighted by Gasteiger charge is 2.39. The fourth-order valence-electron chi connectivity index (χ4n) is 3.45. The number of carbonyl (C=O) groups excluding carboxylic acids is 2. The molecule has 0 unspecified atom stereocenters. The highest BCUT2D eigenvalue weighted by molar-refractivity contribution is 6.36. The SMILES string of the molecule is CCCOc1cccc(NC2=C(c3ccc(C)cc3C)C(=O)N(CCOC)C2=O)c1. The van der Waals surface area contributed by atoms with Crippen molar-refractivity contribution in [1.82, 2.24) is 4.90 Å². The van der Waals surface area contributed by atoms with E-state index in [4.69, 9.17) is 9.47 Å². The van der Waals surface area contributed by atoms with Crippen LogP contribution in [0.5, 0.6) is 5.75 Å². The van der Waals surface area contributed by atoms with Crippen molar-refractivity contribution in [2.24, 2.45) is 0 Å². The Hall–Kier alpha value is -3.12. The maximum atomic E-state index is 13.2. The molecule has 1 heterocycles. The van der Waals surface area contributed by atoms with E-state index in [9.17, 15) is 9.59 Å². The summed E-state index contributed by atoms with van der Waals surface area (Å²) >= 11 is 0. The van der Waals surface area contributed by atoms with E-state index in [-0.39, 0.29) is 30.7 Å². The molecule has 6 heteroatoms. The number of amides is 2. The first-order chi connectivity index (χ1) is 14.5. The van der Waals surface area contributed by atoms with Gasteiger partial charge in [-0.1, -0.05) is 36.8 Å². The van der Waals surface area contributed by atoms with Crippen LogP contribution in [0.15, 0.2) is 48.2 Å². The van der Waals surface area contributed by atoms with Crippen molar-refractivity contribution in [3.05, 3.63) is 64.9 Å². The van der Waals surface area contributed by atoms with Crippen LogP contribution in [-0.2, 0) is 14.3 Å². The van der Waals surface area contributed by atoms with Crippen molar-refractivity contribution in [2.45, 2.75) is 27.2 Å². The van der Waals surface area contributed by atoms with Crippen LogP contribution in [0.25, 0.3) is 5.57 Å². The Labute approximate surface area is 177 Å². The molecule has 0 radical (unpaired) electrons. The molecule has 6 nitrogen and oxygen atoms in total. The minimum absolute atomic E-state index is 0.202. The summed E-state index contributed by atoms with van der Waals surface area (Å²) in [4.78, 5) is 27.6. The molecule has 1 aliphatic rings. The average molecular weight is 408 g/mol. The van der Waals surface area contributed by atoms with E-state index in [2.05, 4.69) is 5.32 Å². The summed E-state index contributed by atoms with van der Waals surface area (Å²) in [7, 11) is 1.55. The molecular weight excluding hydrogens is 380 g/mol. The van der Waals surface area contributed by atoms with Crippen LogP contribution in [0.4, 0.5) is 5.69 Å². The lowest BCUT2D eigenvalue weighted by Gasteiger charge is -2.15. The molecule has 2 aromatic carbocycles. The normalized spacial score (nSPS) is 13.9. The molecule has 158 valence electrons. The van der Waals surface area contributed by atoms with Crippen LogP contribution in [0, 0.1) is 13.8 Å². The van der Waals surface area contributed by atoms with Gasteiger partial charge in [-0.2, -0.15) is 0 Å². The summed E-state index contributed by atoms with van der Waals surface area (Å²) in [5.74, 6) is 0.0420. The lowest BCUT2D eigenvalue weighted by atomic mass is 9.97. The fourth-order valence-corrected chi connectivity index (χ4v) is 3.45. The Kier molecular flexibility index (Phi) is 6.90. The van der Waals surface area contributed by atoms with Gasteiger partial charge in [0.05, 0.1) is 25.3 Å². The van der Waals surface area contributed by atoms with E-state index >= 15 is 0 Å². The Balaban J connectivity index is 2.02. The number of aryl methyl sites for hydroxylation is 2. The summed E-state index contributed by atoms with van der Waals surface area (Å²) in [6.45, 7) is 7.09. The van der Waals surface area contributed by atoms with Gasteiger partial charge in [-0.15, -0.1) is 0 Å². The van der Waals surface area contributed by atoms with Gasteiger partial charge >= 0.3 is 0 Å². The summed E-state index contributed by atoms with van der Waals surface area (Å²) in [5, 5.41) is 3.18. The number of anilines is 1. The smallest absolute Gasteiger partial charge is 0.278 e. The molecule has 3 rings (SSSR count). The number of rotatable bonds is 9. The first-order valence-corrected chi connectivity index (χ1v) is 10.1. The predicted molar refractivity (Wildman–Crippen MR) is 117 cm³/mol. The molecular formula is C24H28N2O4. The molecule has 2 aromatic rings. The average Bonchev–Trinajstić information content (AvgIpc) is 2.95. The van der Waals surface area contributed by atoms with Crippen molar-refractivity contribution in [1.29, 1.82) is 0 Å². The molecule has 0 spiro atoms. The van der Waals surface area contributed by atoms with Gasteiger partial charge in [0.25, 0.3) is 11.8 Å². The third-order valence-corrected chi connectivity index (χ3v) is 4.91. The summed E-state index contributed by atoms with van der Waals surface area (Å²) in [6, 6.07) is 13.3. The molecule has 1 N–H and O–H groups in total. The molecule has 0 saturated heterocycles. The molecule has 2 amide bonds. The van der Waals surface area contributed by atoms with Crippen LogP contribution in [0.2, 0.25) is 0 Å². The Morgan fingerprint density at radius 2 is 1.80 bits per heavy atom. The first-order valence-electron chi connectivity index (χ1n) is 10.1. The summed E-state index contributed by atoms with van der Waals surface area (Å²) in [5.41, 5.74) is 4.14. The molecule has 0 bridgehead atoms. The van der Waals surface area contributed by atoms with Gasteiger partial charge in [0, 0.05) is 18.9 Å². The van der Waals surface area contributed by atoms with Crippen LogP contribution < -0.4 is 10.1 Å². The van der Waals surface area contributed by atoms with Gasteiger partial charge in [0.1, 0.15) is 11.4 Å². The molecule has 0 aliphatic carbocycles. The number of carbonyl (C=O) groups is 2. The van der Waals surface area contributed by atoms with E-state index in [0.29, 0.717) is 23.6 Å². The lowest BCUT2D eigenvalue weighted by molar-refractivity contribution is -0.137. The molecule has 1 aliphatic heterocycles. The third-order valence-electron chi connectivity index (χ3n) is 4.91. The van der Waals surface area contributed by atoms with Crippen molar-refractivity contribution in [2.75, 3.05) is 32.2 Å². The number of hydrogen-bond acceptors (Lipinski definition) is 5. The zero-order valence-electron chi connectivity index (χ0n) is 18.0. The second-order valence-corrected chi connectivity index (χ2v) is 7.32. The fraction of sp³-hybridized carbons (Fsp3) is 0.333. The van der Waals surface area contributed by atoms with Crippen LogP contribution in [0.1, 0.15) is 30.0 Å². The summed E-state index contributed by atoms with van der Waals surface area (Å²) in [6.07, 6.45) is 0.904. The van der Waals surface area contributed by atoms with Crippen molar-refractivity contribution >= 4 is 23.1 Å². The van der Waals surface area contributed by atoms with Crippen molar-refractivity contribution < 1.29 is 19.1 Å². The molecule has 0 atom stereocenters. The van der Waals surface area contributed by atoms with Gasteiger partial charge in [-0.05, 0) is 43.5 Å². The van der Waals surface area contributed by atoms with E-state index < -0.39 is 0 Å². The van der Waals surface area contributed by atoms with Gasteiger partial charge < -0.3 is 14.8 Å². The largest absolute Gasteiger partial charge is 0.494 e. The van der Waals surface area contributed by atoms with Gasteiger partial charge in [-0.3, -0.25) is 14.5 Å². The zero-order valence-corrected chi connectivity index (χ0v) is 18.0. The number of nitrogens with one attached hydrogen (secondary N) is 1. The van der Waals surface area contributed by atoms with Crippen LogP contribution in [0.3, 0.4) is 0 Å². The highest BCUT2D eigenvalue weighted by Crippen LogP contribution is 2.33. The standard InChI is InChI=1S/C24H28N2O4/c1-5-12-30-19-8-6-7-18(15-19)25-22-21(20-10-9-16(2)14-17(20)3)23(27)26(24(22)28)11-13-29-4/h6-10,14-15,25H,5,11-13H2,1-4H3. The second kappa shape index (κ2) is 9.59. The van der Waals surface area contributed by atoms with E-state index in [1.807, 2.05) is 63.2 Å². The third kappa shape index (κ3) is 4.54. The Morgan fingerprint density at radius 1 is 1.00 bits per heavy atom. The Morgan fingerprint density at radius 3 is 2.50 bits per heavy atom. The van der Waals surface area contributed by atoms with Gasteiger partial charge in [-0.25, -0.2) is 0 Å². The molecule has 30 heavy (non-hydrogen) atoms. The van der Waals surface area contributed by atoms with Gasteiger partial charge in [0.2, 0.25) is 0 Å². The van der Waals surface area contributed by atoms with E-state index in [0.717, 1.165) is 23.1 Å². The van der Waals surface area contributed by atoms with E-state index in [1.165, 1.54) is 4.90 Å². The Bertz CT molecular complexity index is 981. The second-order valence-electron chi connectivity index (χ2n) is 7.32. The summed E-state index contributed by atoms with van der Waals surface area (Å²) < 4.78 is 10.8. The molecule has 0 fully saturated rings. The number of hydrogen-bond donors (Lipinski definition) is 1. The number of benzene rings is 2. The van der Waals surface area contributed by atoms with Crippen molar-refractivity contribution in [3.8, 4) is 5.75 Å². The minimum Gasteiger partial charge on any atom is -0.494 e. The molecule has 0 aromatic heterocycles. The van der Waals surface area contributed by atoms with Crippen LogP contribution >= 0.6 is 0 Å². The monoisotopic (exact) mass is 408 g/mol. The topological polar surface area (TPSA) is 67.9 Å². The molecule has 0 saturated carbocycles. The number of nitrogens with zero attached hydrogens (tertiary/aromatic N) is 1. The number of ether oxygens (including phenoxy) is 2. The zero-order chi connectivity index (χ0) is 21.7. The predicted octanol–water partition coefficient (Wildman–Crippen LogP) is 3.93. The van der Waals surface area contributed by atoms with Gasteiger partial charge in [0.15, 0.2) is 0 Å². The highest BCUT2D eigenvalue weighted by atomic mass is 16.5. The van der Waals surface area contributed by atoms with Crippen LogP contribution in [-0.4, -0.2) is 43.6 Å². The van der Waals surface area contributed by atoms with E-state index in [1.54, 1.807) is 7.11 Å². The van der Waals surface area contributed by atoms with Crippen molar-refractivity contribution in [3.63, 3.8) is 0 Å². The lowest BCUT2D eigenvalue weighted by Crippen LogP contribution is -2.35. The minimum atomic E-state index is -0.355. The maximum absolute atomic E-state index is 13.2.